The van der Waals surface area contributed by atoms with Gasteiger partial charge in [-0.1, -0.05) is 0 Å². The van der Waals surface area contributed by atoms with Crippen LogP contribution >= 0.6 is 0 Å². The summed E-state index contributed by atoms with van der Waals surface area (Å²) in [4.78, 5) is 23.9. The maximum absolute atomic E-state index is 12.4. The molecule has 0 spiro atoms. The number of nitrogens with zero attached hydrogens (tertiary/aromatic N) is 2. The van der Waals surface area contributed by atoms with Crippen LogP contribution in [0.3, 0.4) is 0 Å². The highest BCUT2D eigenvalue weighted by Crippen LogP contribution is 2.22. The van der Waals surface area contributed by atoms with Gasteiger partial charge >= 0.3 is 5.76 Å². The number of anilines is 1. The highest BCUT2D eigenvalue weighted by molar-refractivity contribution is 7.88. The van der Waals surface area contributed by atoms with Gasteiger partial charge < -0.3 is 9.73 Å². The molecule has 130 valence electrons. The second-order valence-electron chi connectivity index (χ2n) is 6.04. The molecule has 9 heteroatoms. The Balaban J connectivity index is 1.69. The van der Waals surface area contributed by atoms with Gasteiger partial charge in [-0.15, -0.1) is 0 Å². The Morgan fingerprint density at radius 2 is 1.96 bits per heavy atom. The van der Waals surface area contributed by atoms with E-state index in [1.807, 2.05) is 0 Å². The van der Waals surface area contributed by atoms with Gasteiger partial charge in [0.05, 0.1) is 11.8 Å². The molecule has 2 heterocycles. The summed E-state index contributed by atoms with van der Waals surface area (Å²) in [6, 6.07) is 5.00. The number of piperidine rings is 1. The number of oxazole rings is 1. The van der Waals surface area contributed by atoms with Crippen molar-refractivity contribution < 1.29 is 17.6 Å². The van der Waals surface area contributed by atoms with E-state index in [1.54, 1.807) is 25.2 Å². The van der Waals surface area contributed by atoms with Crippen molar-refractivity contribution in [2.45, 2.75) is 12.8 Å². The van der Waals surface area contributed by atoms with E-state index in [1.165, 1.54) is 15.1 Å². The third-order valence-corrected chi connectivity index (χ3v) is 5.66. The fraction of sp³-hybridized carbons (Fsp3) is 0.467. The Bertz CT molecular complexity index is 936. The van der Waals surface area contributed by atoms with E-state index in [-0.39, 0.29) is 11.8 Å². The fourth-order valence-electron chi connectivity index (χ4n) is 2.90. The number of rotatable bonds is 3. The minimum atomic E-state index is -3.20. The summed E-state index contributed by atoms with van der Waals surface area (Å²) in [5, 5.41) is 2.83. The lowest BCUT2D eigenvalue weighted by Gasteiger charge is -2.29. The van der Waals surface area contributed by atoms with Crippen LogP contribution in [0.1, 0.15) is 12.8 Å². The van der Waals surface area contributed by atoms with Crippen LogP contribution in [0.5, 0.6) is 0 Å². The van der Waals surface area contributed by atoms with Crippen molar-refractivity contribution in [2.24, 2.45) is 13.0 Å². The van der Waals surface area contributed by atoms with Crippen LogP contribution in [-0.4, -0.2) is 42.5 Å². The fourth-order valence-corrected chi connectivity index (χ4v) is 3.77. The molecule has 8 nitrogen and oxygen atoms in total. The zero-order valence-corrected chi connectivity index (χ0v) is 14.3. The molecule has 1 aromatic carbocycles. The maximum atomic E-state index is 12.4. The standard InChI is InChI=1S/C15H19N3O5S/c1-17-12-9-11(3-4-13(12)23-15(17)20)16-14(19)10-5-7-18(8-6-10)24(2,21)22/h3-4,9-10H,5-8H2,1-2H3,(H,16,19). The molecular weight excluding hydrogens is 334 g/mol. The smallest absolute Gasteiger partial charge is 0.408 e. The molecule has 2 aromatic rings. The first-order valence-electron chi connectivity index (χ1n) is 7.61. The molecule has 0 radical (unpaired) electrons. The van der Waals surface area contributed by atoms with Gasteiger partial charge in [-0.2, -0.15) is 0 Å². The van der Waals surface area contributed by atoms with Gasteiger partial charge in [-0.25, -0.2) is 17.5 Å². The van der Waals surface area contributed by atoms with Gasteiger partial charge in [-0.05, 0) is 31.0 Å². The number of carbonyl (C=O) groups excluding carboxylic acids is 1. The highest BCUT2D eigenvalue weighted by atomic mass is 32.2. The lowest BCUT2D eigenvalue weighted by Crippen LogP contribution is -2.40. The number of fused-ring (bicyclic) bond motifs is 1. The summed E-state index contributed by atoms with van der Waals surface area (Å²) in [5.41, 5.74) is 1.64. The van der Waals surface area contributed by atoms with Crippen LogP contribution < -0.4 is 11.1 Å². The highest BCUT2D eigenvalue weighted by Gasteiger charge is 2.29. The number of nitrogens with one attached hydrogen (secondary N) is 1. The number of hydrogen-bond acceptors (Lipinski definition) is 5. The van der Waals surface area contributed by atoms with E-state index in [2.05, 4.69) is 5.32 Å². The first-order valence-corrected chi connectivity index (χ1v) is 9.46. The Morgan fingerprint density at radius 1 is 1.29 bits per heavy atom. The Kier molecular flexibility index (Phi) is 4.22. The van der Waals surface area contributed by atoms with Gasteiger partial charge in [0.1, 0.15) is 0 Å². The van der Waals surface area contributed by atoms with Crippen LogP contribution in [0.25, 0.3) is 11.1 Å². The quantitative estimate of drug-likeness (QED) is 0.877. The molecule has 1 saturated heterocycles. The normalized spacial score (nSPS) is 17.2. The summed E-state index contributed by atoms with van der Waals surface area (Å²) < 4.78 is 30.8. The number of sulfonamides is 1. The van der Waals surface area contributed by atoms with Gasteiger partial charge in [0.2, 0.25) is 15.9 Å². The summed E-state index contributed by atoms with van der Waals surface area (Å²) in [6.45, 7) is 0.707. The van der Waals surface area contributed by atoms with Crippen molar-refractivity contribution in [3.8, 4) is 0 Å². The molecule has 24 heavy (non-hydrogen) atoms. The average molecular weight is 353 g/mol. The minimum Gasteiger partial charge on any atom is -0.408 e. The van der Waals surface area contributed by atoms with Crippen LogP contribution in [0.15, 0.2) is 27.4 Å². The van der Waals surface area contributed by atoms with Crippen LogP contribution in [0, 0.1) is 5.92 Å². The Hall–Kier alpha value is -2.13. The second kappa shape index (κ2) is 6.06. The zero-order valence-electron chi connectivity index (χ0n) is 13.5. The topological polar surface area (TPSA) is 102 Å². The minimum absolute atomic E-state index is 0.143. The van der Waals surface area contributed by atoms with E-state index >= 15 is 0 Å². The molecule has 1 fully saturated rings. The van der Waals surface area contributed by atoms with Crippen LogP contribution in [0.4, 0.5) is 5.69 Å². The van der Waals surface area contributed by atoms with Crippen LogP contribution in [-0.2, 0) is 21.9 Å². The van der Waals surface area contributed by atoms with Crippen molar-refractivity contribution >= 4 is 32.7 Å². The second-order valence-corrected chi connectivity index (χ2v) is 8.02. The predicted molar refractivity (Wildman–Crippen MR) is 89.2 cm³/mol. The summed E-state index contributed by atoms with van der Waals surface area (Å²) in [6.07, 6.45) is 2.16. The third kappa shape index (κ3) is 3.22. The van der Waals surface area contributed by atoms with Crippen LogP contribution in [0.2, 0.25) is 0 Å². The summed E-state index contributed by atoms with van der Waals surface area (Å²) in [5.74, 6) is -0.829. The summed E-state index contributed by atoms with van der Waals surface area (Å²) >= 11 is 0. The van der Waals surface area contributed by atoms with Crippen molar-refractivity contribution in [1.29, 1.82) is 0 Å². The first-order chi connectivity index (χ1) is 11.3. The molecule has 1 aliphatic heterocycles. The molecule has 0 bridgehead atoms. The number of amides is 1. The van der Waals surface area contributed by atoms with E-state index in [0.717, 1.165) is 0 Å². The predicted octanol–water partition coefficient (Wildman–Crippen LogP) is 0.742. The molecule has 1 aromatic heterocycles. The monoisotopic (exact) mass is 353 g/mol. The third-order valence-electron chi connectivity index (χ3n) is 4.35. The SMILES string of the molecule is Cn1c(=O)oc2ccc(NC(=O)C3CCN(S(C)(=O)=O)CC3)cc21. The number of carbonyl (C=O) groups is 1. The Labute approximate surface area is 139 Å². The molecule has 0 unspecified atom stereocenters. The largest absolute Gasteiger partial charge is 0.419 e. The van der Waals surface area contributed by atoms with E-state index < -0.39 is 15.8 Å². The maximum Gasteiger partial charge on any atom is 0.419 e. The molecule has 1 N–H and O–H groups in total. The van der Waals surface area contributed by atoms with E-state index in [4.69, 9.17) is 4.42 Å². The van der Waals surface area contributed by atoms with Gasteiger partial charge in [0.15, 0.2) is 5.58 Å². The Morgan fingerprint density at radius 3 is 2.58 bits per heavy atom. The molecule has 0 saturated carbocycles. The van der Waals surface area contributed by atoms with E-state index in [9.17, 15) is 18.0 Å². The molecule has 1 aliphatic rings. The number of benzene rings is 1. The number of aromatic nitrogens is 1. The molecule has 3 rings (SSSR count). The van der Waals surface area contributed by atoms with Crippen molar-refractivity contribution in [1.82, 2.24) is 8.87 Å². The lowest BCUT2D eigenvalue weighted by molar-refractivity contribution is -0.120. The molecule has 1 amide bonds. The zero-order chi connectivity index (χ0) is 17.5. The van der Waals surface area contributed by atoms with Gasteiger partial charge in [0.25, 0.3) is 0 Å². The number of aryl methyl sites for hydroxylation is 1. The summed E-state index contributed by atoms with van der Waals surface area (Å²) in [7, 11) is -1.60. The number of hydrogen-bond donors (Lipinski definition) is 1. The lowest BCUT2D eigenvalue weighted by atomic mass is 9.97. The average Bonchev–Trinajstić information content (AvgIpc) is 2.81. The molecule has 0 aliphatic carbocycles. The van der Waals surface area contributed by atoms with Gasteiger partial charge in [-0.3, -0.25) is 9.36 Å². The van der Waals surface area contributed by atoms with Crippen molar-refractivity contribution in [3.63, 3.8) is 0 Å². The molecular formula is C15H19N3O5S. The first kappa shape index (κ1) is 16.7. The van der Waals surface area contributed by atoms with Crippen molar-refractivity contribution in [2.75, 3.05) is 24.7 Å². The van der Waals surface area contributed by atoms with Crippen molar-refractivity contribution in [3.05, 3.63) is 28.7 Å². The van der Waals surface area contributed by atoms with Gasteiger partial charge in [0, 0.05) is 31.7 Å². The van der Waals surface area contributed by atoms with E-state index in [0.29, 0.717) is 42.7 Å². The molecule has 0 atom stereocenters.